The average Bonchev–Trinajstić information content (AvgIpc) is 2.51. The van der Waals surface area contributed by atoms with Gasteiger partial charge in [-0.2, -0.15) is 0 Å². The Kier molecular flexibility index (Phi) is 8.55. The molecule has 1 rings (SSSR count). The van der Waals surface area contributed by atoms with Crippen molar-refractivity contribution in [1.82, 2.24) is 10.3 Å². The third kappa shape index (κ3) is 8.63. The van der Waals surface area contributed by atoms with Crippen LogP contribution in [0.25, 0.3) is 0 Å². The number of hydrazine groups is 1. The van der Waals surface area contributed by atoms with Crippen molar-refractivity contribution in [3.05, 3.63) is 60.0 Å². The molecule has 6 nitrogen and oxygen atoms in total. The van der Waals surface area contributed by atoms with Crippen LogP contribution in [-0.2, 0) is 0 Å². The molecule has 1 unspecified atom stereocenters. The first kappa shape index (κ1) is 21.1. The summed E-state index contributed by atoms with van der Waals surface area (Å²) >= 11 is 0. The molecule has 0 saturated carbocycles. The van der Waals surface area contributed by atoms with Gasteiger partial charge in [0, 0.05) is 25.0 Å². The van der Waals surface area contributed by atoms with E-state index in [1.165, 1.54) is 6.20 Å². The molecule has 0 aliphatic heterocycles. The van der Waals surface area contributed by atoms with E-state index in [1.807, 2.05) is 30.5 Å². The van der Waals surface area contributed by atoms with Crippen LogP contribution in [0.5, 0.6) is 0 Å². The molecule has 25 heavy (non-hydrogen) atoms. The molecule has 1 aliphatic carbocycles. The molecule has 0 aromatic rings. The van der Waals surface area contributed by atoms with Crippen LogP contribution in [0.1, 0.15) is 27.2 Å². The van der Waals surface area contributed by atoms with Gasteiger partial charge in [-0.25, -0.2) is 5.84 Å². The summed E-state index contributed by atoms with van der Waals surface area (Å²) in [7, 11) is -1.43. The lowest BCUT2D eigenvalue weighted by molar-refractivity contribution is 0.256. The van der Waals surface area contributed by atoms with E-state index < -0.39 is 7.12 Å². The lowest BCUT2D eigenvalue weighted by atomic mass is 9.69. The van der Waals surface area contributed by atoms with E-state index >= 15 is 0 Å². The van der Waals surface area contributed by atoms with Crippen molar-refractivity contribution < 1.29 is 10.0 Å². The standard InChI is InChI=1S/C18H31BN4O2/c1-18(2,3)14-23(21)12-6-8-16(10-11-20)22-13-15-7-4-5-9-17(15)19(24)25/h4-6,8-12,15,22,24-25H,7,13-14,20-21H2,1-3H3/b11-10+,12-6+,16-8+. The molecule has 138 valence electrons. The summed E-state index contributed by atoms with van der Waals surface area (Å²) in [5.74, 6) is 5.97. The molecule has 7 heteroatoms. The lowest BCUT2D eigenvalue weighted by Crippen LogP contribution is -2.33. The molecule has 1 atom stereocenters. The maximum Gasteiger partial charge on any atom is 0.484 e. The SMILES string of the molecule is CC(C)(C)CN(N)/C=C/C=C(\C=C\N)NCC1CC=CC=C1B(O)O. The van der Waals surface area contributed by atoms with Crippen molar-refractivity contribution in [3.8, 4) is 0 Å². The summed E-state index contributed by atoms with van der Waals surface area (Å²) in [6.45, 7) is 7.69. The summed E-state index contributed by atoms with van der Waals surface area (Å²) in [6.07, 6.45) is 15.1. The average molecular weight is 346 g/mol. The highest BCUT2D eigenvalue weighted by Crippen LogP contribution is 2.21. The van der Waals surface area contributed by atoms with Gasteiger partial charge in [-0.05, 0) is 47.7 Å². The first-order valence-electron chi connectivity index (χ1n) is 8.47. The fourth-order valence-electron chi connectivity index (χ4n) is 2.57. The second kappa shape index (κ2) is 10.1. The van der Waals surface area contributed by atoms with Crippen molar-refractivity contribution in [2.75, 3.05) is 13.1 Å². The van der Waals surface area contributed by atoms with E-state index in [9.17, 15) is 10.0 Å². The van der Waals surface area contributed by atoms with Crippen LogP contribution < -0.4 is 16.9 Å². The minimum atomic E-state index is -1.43. The van der Waals surface area contributed by atoms with Crippen molar-refractivity contribution >= 4 is 7.12 Å². The smallest absolute Gasteiger partial charge is 0.423 e. The maximum atomic E-state index is 9.46. The maximum absolute atomic E-state index is 9.46. The van der Waals surface area contributed by atoms with Crippen LogP contribution in [0.4, 0.5) is 0 Å². The predicted molar refractivity (Wildman–Crippen MR) is 104 cm³/mol. The fraction of sp³-hybridized carbons (Fsp3) is 0.444. The highest BCUT2D eigenvalue weighted by molar-refractivity contribution is 6.51. The molecule has 0 heterocycles. The molecule has 0 amide bonds. The minimum Gasteiger partial charge on any atom is -0.423 e. The van der Waals surface area contributed by atoms with Gasteiger partial charge in [-0.1, -0.05) is 39.0 Å². The van der Waals surface area contributed by atoms with Crippen LogP contribution in [-0.4, -0.2) is 35.3 Å². The van der Waals surface area contributed by atoms with Gasteiger partial charge in [0.1, 0.15) is 0 Å². The molecular formula is C18H31BN4O2. The molecule has 0 aromatic carbocycles. The van der Waals surface area contributed by atoms with E-state index in [1.54, 1.807) is 17.2 Å². The Labute approximate surface area is 151 Å². The van der Waals surface area contributed by atoms with Gasteiger partial charge in [0.15, 0.2) is 0 Å². The topological polar surface area (TPSA) is 108 Å². The third-order valence-electron chi connectivity index (χ3n) is 3.65. The Balaban J connectivity index is 2.65. The van der Waals surface area contributed by atoms with E-state index in [0.29, 0.717) is 12.0 Å². The zero-order chi connectivity index (χ0) is 18.9. The highest BCUT2D eigenvalue weighted by Gasteiger charge is 2.24. The molecule has 7 N–H and O–H groups in total. The van der Waals surface area contributed by atoms with Crippen molar-refractivity contribution in [1.29, 1.82) is 0 Å². The van der Waals surface area contributed by atoms with Crippen LogP contribution in [0.3, 0.4) is 0 Å². The Morgan fingerprint density at radius 1 is 1.44 bits per heavy atom. The van der Waals surface area contributed by atoms with Gasteiger partial charge in [-0.15, -0.1) is 0 Å². The normalized spacial score (nSPS) is 18.7. The number of nitrogens with zero attached hydrogens (tertiary/aromatic N) is 1. The van der Waals surface area contributed by atoms with E-state index in [4.69, 9.17) is 11.6 Å². The van der Waals surface area contributed by atoms with Crippen LogP contribution >= 0.6 is 0 Å². The molecule has 0 spiro atoms. The van der Waals surface area contributed by atoms with Gasteiger partial charge < -0.3 is 26.1 Å². The monoisotopic (exact) mass is 346 g/mol. The predicted octanol–water partition coefficient (Wildman–Crippen LogP) is 1.18. The van der Waals surface area contributed by atoms with Gasteiger partial charge in [0.2, 0.25) is 0 Å². The highest BCUT2D eigenvalue weighted by atomic mass is 16.4. The fourth-order valence-corrected chi connectivity index (χ4v) is 2.57. The summed E-state index contributed by atoms with van der Waals surface area (Å²) in [6, 6.07) is 0. The third-order valence-corrected chi connectivity index (χ3v) is 3.65. The van der Waals surface area contributed by atoms with Crippen molar-refractivity contribution in [2.24, 2.45) is 22.9 Å². The number of rotatable bonds is 8. The Morgan fingerprint density at radius 2 is 2.16 bits per heavy atom. The molecular weight excluding hydrogens is 315 g/mol. The lowest BCUT2D eigenvalue weighted by Gasteiger charge is -2.24. The van der Waals surface area contributed by atoms with Crippen molar-refractivity contribution in [2.45, 2.75) is 27.2 Å². The summed E-state index contributed by atoms with van der Waals surface area (Å²) < 4.78 is 0. The Bertz CT molecular complexity index is 560. The van der Waals surface area contributed by atoms with E-state index in [2.05, 4.69) is 26.1 Å². The number of nitrogens with one attached hydrogen (secondary N) is 1. The Morgan fingerprint density at radius 3 is 2.76 bits per heavy atom. The molecule has 1 aliphatic rings. The summed E-state index contributed by atoms with van der Waals surface area (Å²) in [5.41, 5.74) is 7.05. The van der Waals surface area contributed by atoms with Gasteiger partial charge in [0.05, 0.1) is 0 Å². The second-order valence-corrected chi connectivity index (χ2v) is 7.34. The largest absolute Gasteiger partial charge is 0.484 e. The molecule has 0 saturated heterocycles. The van der Waals surface area contributed by atoms with Crippen molar-refractivity contribution in [3.63, 3.8) is 0 Å². The zero-order valence-electron chi connectivity index (χ0n) is 15.4. The van der Waals surface area contributed by atoms with Gasteiger partial charge in [0.25, 0.3) is 0 Å². The molecule has 0 aromatic heterocycles. The zero-order valence-corrected chi connectivity index (χ0v) is 15.4. The molecule has 0 fully saturated rings. The van der Waals surface area contributed by atoms with Gasteiger partial charge >= 0.3 is 7.12 Å². The quantitative estimate of drug-likeness (QED) is 0.196. The van der Waals surface area contributed by atoms with Crippen LogP contribution in [0.2, 0.25) is 0 Å². The number of hydrogen-bond donors (Lipinski definition) is 5. The first-order chi connectivity index (χ1) is 11.7. The number of nitrogens with two attached hydrogens (primary N) is 2. The molecule has 0 radical (unpaired) electrons. The summed E-state index contributed by atoms with van der Waals surface area (Å²) in [5, 5.41) is 23.8. The van der Waals surface area contributed by atoms with E-state index in [0.717, 1.165) is 18.7 Å². The minimum absolute atomic E-state index is 0.0236. The molecule has 0 bridgehead atoms. The van der Waals surface area contributed by atoms with Crippen LogP contribution in [0.15, 0.2) is 60.0 Å². The van der Waals surface area contributed by atoms with E-state index in [-0.39, 0.29) is 11.3 Å². The van der Waals surface area contributed by atoms with Gasteiger partial charge in [-0.3, -0.25) is 0 Å². The summed E-state index contributed by atoms with van der Waals surface area (Å²) in [4.78, 5) is 0. The second-order valence-electron chi connectivity index (χ2n) is 7.34. The van der Waals surface area contributed by atoms with Crippen LogP contribution in [0, 0.1) is 11.3 Å². The first-order valence-corrected chi connectivity index (χ1v) is 8.47. The number of hydrogen-bond acceptors (Lipinski definition) is 6. The Hall–Kier alpha value is -1.96. The number of allylic oxidation sites excluding steroid dienone is 6.